The summed E-state index contributed by atoms with van der Waals surface area (Å²) in [6.07, 6.45) is 3.75. The second kappa shape index (κ2) is 8.25. The quantitative estimate of drug-likeness (QED) is 0.837. The molecule has 0 bridgehead atoms. The zero-order valence-electron chi connectivity index (χ0n) is 13.4. The van der Waals surface area contributed by atoms with Crippen molar-refractivity contribution in [1.29, 1.82) is 0 Å². The number of benzene rings is 1. The molecule has 4 heteroatoms. The first kappa shape index (κ1) is 16.1. The second-order valence-electron chi connectivity index (χ2n) is 5.76. The van der Waals surface area contributed by atoms with Gasteiger partial charge >= 0.3 is 0 Å². The molecule has 0 saturated carbocycles. The van der Waals surface area contributed by atoms with Crippen LogP contribution in [0.3, 0.4) is 0 Å². The van der Waals surface area contributed by atoms with E-state index in [1.165, 1.54) is 24.9 Å². The van der Waals surface area contributed by atoms with Gasteiger partial charge in [-0.25, -0.2) is 0 Å². The molecule has 21 heavy (non-hydrogen) atoms. The second-order valence-corrected chi connectivity index (χ2v) is 5.76. The van der Waals surface area contributed by atoms with Crippen LogP contribution in [0.2, 0.25) is 0 Å². The van der Waals surface area contributed by atoms with E-state index in [9.17, 15) is 0 Å². The number of nitrogens with two attached hydrogens (primary N) is 1. The van der Waals surface area contributed by atoms with Gasteiger partial charge in [0, 0.05) is 50.5 Å². The van der Waals surface area contributed by atoms with Crippen LogP contribution in [0, 0.1) is 0 Å². The number of hydrogen-bond donors (Lipinski definition) is 1. The molecule has 1 unspecified atom stereocenters. The molecule has 0 radical (unpaired) electrons. The van der Waals surface area contributed by atoms with Crippen LogP contribution in [0.4, 0.5) is 5.69 Å². The van der Waals surface area contributed by atoms with Gasteiger partial charge in [-0.15, -0.1) is 0 Å². The van der Waals surface area contributed by atoms with E-state index in [4.69, 9.17) is 10.5 Å². The molecule has 0 aromatic heterocycles. The summed E-state index contributed by atoms with van der Waals surface area (Å²) in [6.45, 7) is 7.35. The fourth-order valence-corrected chi connectivity index (χ4v) is 3.04. The van der Waals surface area contributed by atoms with Crippen molar-refractivity contribution in [2.45, 2.75) is 32.2 Å². The number of unbranched alkanes of at least 4 members (excludes halogenated alkanes) is 1. The van der Waals surface area contributed by atoms with Gasteiger partial charge in [0.2, 0.25) is 0 Å². The molecule has 1 fully saturated rings. The molecular formula is C17H29N3O. The molecule has 0 aliphatic carbocycles. The van der Waals surface area contributed by atoms with E-state index in [2.05, 4.69) is 34.9 Å². The largest absolute Gasteiger partial charge is 0.497 e. The first-order valence-electron chi connectivity index (χ1n) is 8.11. The summed E-state index contributed by atoms with van der Waals surface area (Å²) in [4.78, 5) is 5.00. The van der Waals surface area contributed by atoms with E-state index < -0.39 is 0 Å². The van der Waals surface area contributed by atoms with Gasteiger partial charge < -0.3 is 15.4 Å². The van der Waals surface area contributed by atoms with Crippen LogP contribution >= 0.6 is 0 Å². The van der Waals surface area contributed by atoms with Gasteiger partial charge in [0.15, 0.2) is 0 Å². The monoisotopic (exact) mass is 291 g/mol. The molecule has 0 spiro atoms. The Morgan fingerprint density at radius 1 is 1.24 bits per heavy atom. The summed E-state index contributed by atoms with van der Waals surface area (Å²) in [5.74, 6) is 0.928. The molecule has 1 aromatic rings. The minimum atomic E-state index is 0.553. The first-order chi connectivity index (χ1) is 10.3. The Balaban J connectivity index is 1.89. The summed E-state index contributed by atoms with van der Waals surface area (Å²) in [5.41, 5.74) is 7.21. The number of anilines is 1. The standard InChI is InChI=1S/C17H29N3O/c1-3-4-6-16(14-18)20-11-9-19(10-12-20)15-7-5-8-17(13-15)21-2/h5,7-8,13,16H,3-4,6,9-12,14,18H2,1-2H3. The highest BCUT2D eigenvalue weighted by Gasteiger charge is 2.22. The molecule has 1 atom stereocenters. The summed E-state index contributed by atoms with van der Waals surface area (Å²) >= 11 is 0. The SMILES string of the molecule is CCCCC(CN)N1CCN(c2cccc(OC)c2)CC1. The third-order valence-corrected chi connectivity index (χ3v) is 4.41. The van der Waals surface area contributed by atoms with Gasteiger partial charge in [-0.1, -0.05) is 25.8 Å². The van der Waals surface area contributed by atoms with Gasteiger partial charge in [0.25, 0.3) is 0 Å². The topological polar surface area (TPSA) is 41.7 Å². The Bertz CT molecular complexity index is 416. The minimum absolute atomic E-state index is 0.553. The lowest BCUT2D eigenvalue weighted by Crippen LogP contribution is -2.52. The Hall–Kier alpha value is -1.26. The Morgan fingerprint density at radius 2 is 2.00 bits per heavy atom. The molecule has 0 amide bonds. The normalized spacial score (nSPS) is 17.8. The van der Waals surface area contributed by atoms with Crippen LogP contribution in [0.25, 0.3) is 0 Å². The summed E-state index contributed by atoms with van der Waals surface area (Å²) in [6, 6.07) is 8.89. The summed E-state index contributed by atoms with van der Waals surface area (Å²) < 4.78 is 5.31. The highest BCUT2D eigenvalue weighted by Crippen LogP contribution is 2.22. The maximum atomic E-state index is 5.96. The minimum Gasteiger partial charge on any atom is -0.497 e. The summed E-state index contributed by atoms with van der Waals surface area (Å²) in [5, 5.41) is 0. The van der Waals surface area contributed by atoms with Crippen molar-refractivity contribution in [3.05, 3.63) is 24.3 Å². The molecule has 1 aromatic carbocycles. The Morgan fingerprint density at radius 3 is 2.62 bits per heavy atom. The predicted octanol–water partition coefficient (Wildman–Crippen LogP) is 2.33. The molecule has 2 rings (SSSR count). The third-order valence-electron chi connectivity index (χ3n) is 4.41. The Kier molecular flexibility index (Phi) is 6.33. The van der Waals surface area contributed by atoms with Crippen LogP contribution in [0.1, 0.15) is 26.2 Å². The highest BCUT2D eigenvalue weighted by molar-refractivity contribution is 5.51. The lowest BCUT2D eigenvalue weighted by atomic mass is 10.1. The van der Waals surface area contributed by atoms with Gasteiger partial charge in [0.1, 0.15) is 5.75 Å². The molecule has 2 N–H and O–H groups in total. The van der Waals surface area contributed by atoms with E-state index in [1.54, 1.807) is 7.11 Å². The van der Waals surface area contributed by atoms with Crippen LogP contribution in [0.5, 0.6) is 5.75 Å². The smallest absolute Gasteiger partial charge is 0.120 e. The van der Waals surface area contributed by atoms with Gasteiger partial charge in [-0.2, -0.15) is 0 Å². The number of methoxy groups -OCH3 is 1. The van der Waals surface area contributed by atoms with Gasteiger partial charge in [0.05, 0.1) is 7.11 Å². The van der Waals surface area contributed by atoms with E-state index >= 15 is 0 Å². The van der Waals surface area contributed by atoms with Crippen molar-refractivity contribution in [3.8, 4) is 5.75 Å². The number of nitrogens with zero attached hydrogens (tertiary/aromatic N) is 2. The van der Waals surface area contributed by atoms with E-state index in [0.717, 1.165) is 38.5 Å². The van der Waals surface area contributed by atoms with E-state index in [0.29, 0.717) is 6.04 Å². The van der Waals surface area contributed by atoms with Crippen LogP contribution in [-0.2, 0) is 0 Å². The number of piperazine rings is 1. The van der Waals surface area contributed by atoms with Crippen LogP contribution in [-0.4, -0.2) is 50.8 Å². The van der Waals surface area contributed by atoms with E-state index in [-0.39, 0.29) is 0 Å². The fourth-order valence-electron chi connectivity index (χ4n) is 3.04. The van der Waals surface area contributed by atoms with Crippen molar-refractivity contribution < 1.29 is 4.74 Å². The van der Waals surface area contributed by atoms with E-state index in [1.807, 2.05) is 6.07 Å². The van der Waals surface area contributed by atoms with Gasteiger partial charge in [-0.3, -0.25) is 4.90 Å². The zero-order valence-corrected chi connectivity index (χ0v) is 13.4. The van der Waals surface area contributed by atoms with Crippen molar-refractivity contribution in [2.24, 2.45) is 5.73 Å². The predicted molar refractivity (Wildman–Crippen MR) is 89.1 cm³/mol. The highest BCUT2D eigenvalue weighted by atomic mass is 16.5. The van der Waals surface area contributed by atoms with Crippen molar-refractivity contribution in [3.63, 3.8) is 0 Å². The Labute approximate surface area is 128 Å². The molecule has 1 heterocycles. The molecular weight excluding hydrogens is 262 g/mol. The van der Waals surface area contributed by atoms with Crippen LogP contribution in [0.15, 0.2) is 24.3 Å². The molecule has 4 nitrogen and oxygen atoms in total. The maximum absolute atomic E-state index is 5.96. The maximum Gasteiger partial charge on any atom is 0.120 e. The number of ether oxygens (including phenoxy) is 1. The molecule has 1 aliphatic heterocycles. The lowest BCUT2D eigenvalue weighted by molar-refractivity contribution is 0.178. The number of hydrogen-bond acceptors (Lipinski definition) is 4. The lowest BCUT2D eigenvalue weighted by Gasteiger charge is -2.40. The summed E-state index contributed by atoms with van der Waals surface area (Å²) in [7, 11) is 1.72. The average Bonchev–Trinajstić information content (AvgIpc) is 2.56. The average molecular weight is 291 g/mol. The third kappa shape index (κ3) is 4.35. The molecule has 118 valence electrons. The van der Waals surface area contributed by atoms with Crippen LogP contribution < -0.4 is 15.4 Å². The molecule has 1 saturated heterocycles. The first-order valence-corrected chi connectivity index (χ1v) is 8.11. The van der Waals surface area contributed by atoms with Crippen molar-refractivity contribution in [2.75, 3.05) is 44.7 Å². The zero-order chi connectivity index (χ0) is 15.1. The van der Waals surface area contributed by atoms with Gasteiger partial charge in [-0.05, 0) is 18.6 Å². The molecule has 1 aliphatic rings. The van der Waals surface area contributed by atoms with Crippen molar-refractivity contribution in [1.82, 2.24) is 4.90 Å². The van der Waals surface area contributed by atoms with Crippen molar-refractivity contribution >= 4 is 5.69 Å². The fraction of sp³-hybridized carbons (Fsp3) is 0.647. The number of rotatable bonds is 7.